The molecule has 1 fully saturated rings. The zero-order valence-corrected chi connectivity index (χ0v) is 12.1. The highest BCUT2D eigenvalue weighted by Crippen LogP contribution is 2.19. The number of aliphatic carboxylic acids is 1. The molecule has 6 nitrogen and oxygen atoms in total. The van der Waals surface area contributed by atoms with E-state index in [2.05, 4.69) is 5.32 Å². The fourth-order valence-electron chi connectivity index (χ4n) is 1.96. The first-order valence-electron chi connectivity index (χ1n) is 6.48. The van der Waals surface area contributed by atoms with Crippen LogP contribution in [0.15, 0.2) is 0 Å². The van der Waals surface area contributed by atoms with Gasteiger partial charge in [-0.3, -0.25) is 4.79 Å². The SMILES string of the molecule is COCCCCNC(=O)N1CCSCC1CC(=O)O. The molecule has 1 rings (SSSR count). The van der Waals surface area contributed by atoms with Crippen LogP contribution in [-0.2, 0) is 9.53 Å². The third-order valence-corrected chi connectivity index (χ3v) is 4.04. The molecule has 0 radical (unpaired) electrons. The molecule has 0 bridgehead atoms. The van der Waals surface area contributed by atoms with Gasteiger partial charge in [0.2, 0.25) is 0 Å². The largest absolute Gasteiger partial charge is 0.481 e. The van der Waals surface area contributed by atoms with Crippen molar-refractivity contribution < 1.29 is 19.4 Å². The van der Waals surface area contributed by atoms with Crippen LogP contribution in [0.3, 0.4) is 0 Å². The van der Waals surface area contributed by atoms with Gasteiger partial charge in [0.1, 0.15) is 0 Å². The van der Waals surface area contributed by atoms with Gasteiger partial charge in [-0.2, -0.15) is 11.8 Å². The number of carbonyl (C=O) groups is 2. The van der Waals surface area contributed by atoms with E-state index in [4.69, 9.17) is 9.84 Å². The van der Waals surface area contributed by atoms with Crippen LogP contribution in [0.5, 0.6) is 0 Å². The summed E-state index contributed by atoms with van der Waals surface area (Å²) in [4.78, 5) is 24.4. The number of hydrogen-bond donors (Lipinski definition) is 2. The maximum atomic E-state index is 12.0. The highest BCUT2D eigenvalue weighted by atomic mass is 32.2. The second-order valence-corrected chi connectivity index (χ2v) is 5.60. The number of hydrogen-bond acceptors (Lipinski definition) is 4. The maximum Gasteiger partial charge on any atom is 0.317 e. The Kier molecular flexibility index (Phi) is 7.66. The number of amides is 2. The lowest BCUT2D eigenvalue weighted by Gasteiger charge is -2.34. The van der Waals surface area contributed by atoms with Crippen molar-refractivity contribution in [2.45, 2.75) is 25.3 Å². The third kappa shape index (κ3) is 6.15. The summed E-state index contributed by atoms with van der Waals surface area (Å²) < 4.78 is 4.93. The standard InChI is InChI=1S/C12H22N2O4S/c1-18-6-3-2-4-13-12(17)14-5-7-19-9-10(14)8-11(15)16/h10H,2-9H2,1H3,(H,13,17)(H,15,16). The number of thioether (sulfide) groups is 1. The maximum absolute atomic E-state index is 12.0. The number of ether oxygens (including phenoxy) is 1. The minimum atomic E-state index is -0.856. The normalized spacial score (nSPS) is 19.2. The van der Waals surface area contributed by atoms with Crippen LogP contribution >= 0.6 is 11.8 Å². The minimum absolute atomic E-state index is 0.0180. The number of urea groups is 1. The van der Waals surface area contributed by atoms with Gasteiger partial charge in [-0.25, -0.2) is 4.79 Å². The van der Waals surface area contributed by atoms with Crippen molar-refractivity contribution in [2.75, 3.05) is 38.3 Å². The van der Waals surface area contributed by atoms with Gasteiger partial charge in [0.25, 0.3) is 0 Å². The third-order valence-electron chi connectivity index (χ3n) is 2.95. The molecule has 0 aromatic carbocycles. The van der Waals surface area contributed by atoms with Gasteiger partial charge in [0.05, 0.1) is 12.5 Å². The molecule has 0 aliphatic carbocycles. The summed E-state index contributed by atoms with van der Waals surface area (Å²) in [6.07, 6.45) is 1.79. The van der Waals surface area contributed by atoms with Gasteiger partial charge in [-0.15, -0.1) is 0 Å². The van der Waals surface area contributed by atoms with E-state index >= 15 is 0 Å². The first-order chi connectivity index (χ1) is 9.15. The molecule has 0 spiro atoms. The first-order valence-corrected chi connectivity index (χ1v) is 7.63. The fourth-order valence-corrected chi connectivity index (χ4v) is 3.02. The zero-order chi connectivity index (χ0) is 14.1. The summed E-state index contributed by atoms with van der Waals surface area (Å²) in [7, 11) is 1.65. The van der Waals surface area contributed by atoms with Crippen molar-refractivity contribution in [1.82, 2.24) is 10.2 Å². The predicted molar refractivity (Wildman–Crippen MR) is 74.6 cm³/mol. The molecule has 1 heterocycles. The molecule has 2 N–H and O–H groups in total. The number of carboxylic acids is 1. The monoisotopic (exact) mass is 290 g/mol. The molecule has 1 atom stereocenters. The Balaban J connectivity index is 2.32. The second-order valence-electron chi connectivity index (χ2n) is 4.45. The van der Waals surface area contributed by atoms with Gasteiger partial charge >= 0.3 is 12.0 Å². The molecule has 1 unspecified atom stereocenters. The Hall–Kier alpha value is -0.950. The summed E-state index contributed by atoms with van der Waals surface area (Å²) in [5.41, 5.74) is 0. The summed E-state index contributed by atoms with van der Waals surface area (Å²) in [6, 6.07) is -0.348. The van der Waals surface area contributed by atoms with Crippen molar-refractivity contribution in [3.05, 3.63) is 0 Å². The van der Waals surface area contributed by atoms with E-state index in [9.17, 15) is 9.59 Å². The average Bonchev–Trinajstić information content (AvgIpc) is 2.38. The molecule has 0 aromatic rings. The topological polar surface area (TPSA) is 78.9 Å². The number of methoxy groups -OCH3 is 1. The Labute approximate surface area is 117 Å². The molecular weight excluding hydrogens is 268 g/mol. The molecular formula is C12H22N2O4S. The van der Waals surface area contributed by atoms with Crippen LogP contribution in [0, 0.1) is 0 Å². The van der Waals surface area contributed by atoms with E-state index in [0.29, 0.717) is 25.4 Å². The lowest BCUT2D eigenvalue weighted by atomic mass is 10.2. The van der Waals surface area contributed by atoms with Crippen LogP contribution < -0.4 is 5.32 Å². The predicted octanol–water partition coefficient (Wildman–Crippen LogP) is 1.01. The van der Waals surface area contributed by atoms with Crippen molar-refractivity contribution in [3.8, 4) is 0 Å². The Morgan fingerprint density at radius 3 is 2.95 bits per heavy atom. The van der Waals surface area contributed by atoms with Crippen LogP contribution in [0.2, 0.25) is 0 Å². The number of carboxylic acid groups (broad SMARTS) is 1. The molecule has 1 aliphatic heterocycles. The molecule has 0 saturated carbocycles. The van der Waals surface area contributed by atoms with Crippen LogP contribution in [0.25, 0.3) is 0 Å². The molecule has 19 heavy (non-hydrogen) atoms. The van der Waals surface area contributed by atoms with Gasteiger partial charge in [0.15, 0.2) is 0 Å². The summed E-state index contributed by atoms with van der Waals surface area (Å²) >= 11 is 1.70. The lowest BCUT2D eigenvalue weighted by Crippen LogP contribution is -2.51. The van der Waals surface area contributed by atoms with Crippen LogP contribution in [0.1, 0.15) is 19.3 Å². The first kappa shape index (κ1) is 16.1. The lowest BCUT2D eigenvalue weighted by molar-refractivity contribution is -0.137. The van der Waals surface area contributed by atoms with Gasteiger partial charge in [-0.05, 0) is 12.8 Å². The summed E-state index contributed by atoms with van der Waals surface area (Å²) in [5.74, 6) is 0.710. The Morgan fingerprint density at radius 1 is 1.47 bits per heavy atom. The second kappa shape index (κ2) is 9.03. The van der Waals surface area contributed by atoms with Crippen LogP contribution in [-0.4, -0.2) is 66.4 Å². The van der Waals surface area contributed by atoms with Crippen molar-refractivity contribution >= 4 is 23.8 Å². The molecule has 7 heteroatoms. The highest BCUT2D eigenvalue weighted by molar-refractivity contribution is 7.99. The molecule has 1 saturated heterocycles. The van der Waals surface area contributed by atoms with E-state index in [1.54, 1.807) is 23.8 Å². The van der Waals surface area contributed by atoms with Crippen molar-refractivity contribution in [1.29, 1.82) is 0 Å². The number of rotatable bonds is 7. The van der Waals surface area contributed by atoms with Crippen molar-refractivity contribution in [3.63, 3.8) is 0 Å². The van der Waals surface area contributed by atoms with E-state index in [0.717, 1.165) is 18.6 Å². The van der Waals surface area contributed by atoms with Gasteiger partial charge in [0, 0.05) is 38.3 Å². The zero-order valence-electron chi connectivity index (χ0n) is 11.3. The van der Waals surface area contributed by atoms with E-state index in [1.165, 1.54) is 0 Å². The van der Waals surface area contributed by atoms with Gasteiger partial charge in [-0.1, -0.05) is 0 Å². The van der Waals surface area contributed by atoms with Crippen molar-refractivity contribution in [2.24, 2.45) is 0 Å². The quantitative estimate of drug-likeness (QED) is 0.684. The summed E-state index contributed by atoms with van der Waals surface area (Å²) in [5, 5.41) is 11.7. The smallest absolute Gasteiger partial charge is 0.317 e. The molecule has 110 valence electrons. The number of carbonyl (C=O) groups excluding carboxylic acids is 1. The average molecular weight is 290 g/mol. The highest BCUT2D eigenvalue weighted by Gasteiger charge is 2.28. The van der Waals surface area contributed by atoms with Gasteiger partial charge < -0.3 is 20.1 Å². The van der Waals surface area contributed by atoms with E-state index < -0.39 is 5.97 Å². The fraction of sp³-hybridized carbons (Fsp3) is 0.833. The molecule has 2 amide bonds. The summed E-state index contributed by atoms with van der Waals surface area (Å²) in [6.45, 7) is 1.91. The molecule has 0 aromatic heterocycles. The molecule has 1 aliphatic rings. The number of unbranched alkanes of at least 4 members (excludes halogenated alkanes) is 1. The Morgan fingerprint density at radius 2 is 2.26 bits per heavy atom. The van der Waals surface area contributed by atoms with Crippen LogP contribution in [0.4, 0.5) is 4.79 Å². The Bertz CT molecular complexity index is 301. The van der Waals surface area contributed by atoms with E-state index in [1.807, 2.05) is 0 Å². The van der Waals surface area contributed by atoms with E-state index in [-0.39, 0.29) is 18.5 Å². The number of nitrogens with one attached hydrogen (secondary N) is 1. The minimum Gasteiger partial charge on any atom is -0.481 e. The number of nitrogens with zero attached hydrogens (tertiary/aromatic N) is 1.